The van der Waals surface area contributed by atoms with Crippen molar-refractivity contribution in [1.82, 2.24) is 5.32 Å². The summed E-state index contributed by atoms with van der Waals surface area (Å²) in [6.45, 7) is 4.10. The molecule has 0 unspecified atom stereocenters. The number of carbonyl (C=O) groups excluding carboxylic acids is 2. The average Bonchev–Trinajstić information content (AvgIpc) is 2.72. The number of hydrogen-bond donors (Lipinski definition) is 2. The third-order valence-electron chi connectivity index (χ3n) is 2.49. The van der Waals surface area contributed by atoms with Crippen molar-refractivity contribution in [3.8, 4) is 0 Å². The monoisotopic (exact) mass is 254 g/mol. The highest BCUT2D eigenvalue weighted by Gasteiger charge is 2.22. The molecule has 0 aliphatic rings. The van der Waals surface area contributed by atoms with Crippen LogP contribution >= 0.6 is 0 Å². The summed E-state index contributed by atoms with van der Waals surface area (Å²) in [5, 5.41) is 3.14. The highest BCUT2D eigenvalue weighted by Crippen LogP contribution is 2.14. The third kappa shape index (κ3) is 3.89. The molecule has 100 valence electrons. The topological polar surface area (TPSA) is 94.6 Å². The van der Waals surface area contributed by atoms with E-state index in [-0.39, 0.29) is 18.1 Å². The van der Waals surface area contributed by atoms with Crippen LogP contribution in [0.25, 0.3) is 0 Å². The maximum Gasteiger partial charge on any atom is 0.374 e. The van der Waals surface area contributed by atoms with Gasteiger partial charge in [-0.1, -0.05) is 0 Å². The first-order valence-corrected chi connectivity index (χ1v) is 5.54. The molecule has 6 heteroatoms. The first-order valence-electron chi connectivity index (χ1n) is 5.54. The Bertz CT molecular complexity index is 437. The SMILES string of the molecule is COC(=O)c1occc1CNC(C)(C)CC(N)=O. The lowest BCUT2D eigenvalue weighted by Crippen LogP contribution is -2.42. The third-order valence-corrected chi connectivity index (χ3v) is 2.49. The first kappa shape index (κ1) is 14.2. The Balaban J connectivity index is 2.66. The molecule has 3 N–H and O–H groups in total. The van der Waals surface area contributed by atoms with E-state index >= 15 is 0 Å². The van der Waals surface area contributed by atoms with Gasteiger partial charge in [-0.2, -0.15) is 0 Å². The van der Waals surface area contributed by atoms with Gasteiger partial charge in [-0.3, -0.25) is 4.79 Å². The smallest absolute Gasteiger partial charge is 0.374 e. The fraction of sp³-hybridized carbons (Fsp3) is 0.500. The first-order chi connectivity index (χ1) is 8.35. The number of nitrogens with two attached hydrogens (primary N) is 1. The van der Waals surface area contributed by atoms with Crippen molar-refractivity contribution < 1.29 is 18.7 Å². The molecule has 0 saturated carbocycles. The minimum Gasteiger partial charge on any atom is -0.463 e. The maximum absolute atomic E-state index is 11.4. The van der Waals surface area contributed by atoms with Gasteiger partial charge < -0.3 is 20.2 Å². The molecule has 0 bridgehead atoms. The van der Waals surface area contributed by atoms with Gasteiger partial charge in [0.25, 0.3) is 0 Å². The van der Waals surface area contributed by atoms with Crippen molar-refractivity contribution in [2.75, 3.05) is 7.11 Å². The number of carbonyl (C=O) groups is 2. The quantitative estimate of drug-likeness (QED) is 0.732. The number of rotatable bonds is 6. The van der Waals surface area contributed by atoms with E-state index in [1.54, 1.807) is 6.07 Å². The number of methoxy groups -OCH3 is 1. The summed E-state index contributed by atoms with van der Waals surface area (Å²) in [5.74, 6) is -0.739. The van der Waals surface area contributed by atoms with E-state index in [4.69, 9.17) is 10.2 Å². The molecule has 0 atom stereocenters. The van der Waals surface area contributed by atoms with Crippen molar-refractivity contribution in [2.45, 2.75) is 32.4 Å². The van der Waals surface area contributed by atoms with Gasteiger partial charge in [0, 0.05) is 24.1 Å². The molecule has 1 aromatic heterocycles. The Kier molecular flexibility index (Phi) is 4.49. The van der Waals surface area contributed by atoms with Crippen LogP contribution in [0.3, 0.4) is 0 Å². The zero-order valence-corrected chi connectivity index (χ0v) is 10.8. The molecule has 0 fully saturated rings. The van der Waals surface area contributed by atoms with Gasteiger partial charge in [-0.05, 0) is 19.9 Å². The molecular weight excluding hydrogens is 236 g/mol. The Morgan fingerprint density at radius 3 is 2.72 bits per heavy atom. The van der Waals surface area contributed by atoms with Crippen LogP contribution in [0.15, 0.2) is 16.7 Å². The summed E-state index contributed by atoms with van der Waals surface area (Å²) in [6, 6.07) is 1.68. The summed E-state index contributed by atoms with van der Waals surface area (Å²) in [6.07, 6.45) is 1.63. The van der Waals surface area contributed by atoms with Gasteiger partial charge in [-0.15, -0.1) is 0 Å². The number of primary amides is 1. The fourth-order valence-electron chi connectivity index (χ4n) is 1.58. The van der Waals surface area contributed by atoms with E-state index in [1.165, 1.54) is 13.4 Å². The molecule has 1 aromatic rings. The minimum absolute atomic E-state index is 0.167. The van der Waals surface area contributed by atoms with Gasteiger partial charge in [0.1, 0.15) is 0 Å². The number of nitrogens with one attached hydrogen (secondary N) is 1. The van der Waals surface area contributed by atoms with E-state index in [0.29, 0.717) is 12.1 Å². The minimum atomic E-state index is -0.524. The zero-order chi connectivity index (χ0) is 13.8. The number of ether oxygens (including phenoxy) is 1. The van der Waals surface area contributed by atoms with Gasteiger partial charge in [0.2, 0.25) is 11.7 Å². The van der Waals surface area contributed by atoms with Crippen LogP contribution in [0.4, 0.5) is 0 Å². The van der Waals surface area contributed by atoms with E-state index in [1.807, 2.05) is 13.8 Å². The van der Waals surface area contributed by atoms with E-state index in [9.17, 15) is 9.59 Å². The number of hydrogen-bond acceptors (Lipinski definition) is 5. The predicted octanol–water partition coefficient (Wildman–Crippen LogP) is 0.810. The molecular formula is C12H18N2O4. The molecule has 0 aromatic carbocycles. The summed E-state index contributed by atoms with van der Waals surface area (Å²) in [7, 11) is 1.29. The van der Waals surface area contributed by atoms with Crippen molar-refractivity contribution in [1.29, 1.82) is 0 Å². The summed E-state index contributed by atoms with van der Waals surface area (Å²) >= 11 is 0. The lowest BCUT2D eigenvalue weighted by atomic mass is 10.00. The molecule has 0 radical (unpaired) electrons. The van der Waals surface area contributed by atoms with Crippen LogP contribution in [0.1, 0.15) is 36.4 Å². The van der Waals surface area contributed by atoms with Crippen LogP contribution in [0, 0.1) is 0 Å². The highest BCUT2D eigenvalue weighted by atomic mass is 16.5. The Morgan fingerprint density at radius 1 is 1.50 bits per heavy atom. The largest absolute Gasteiger partial charge is 0.463 e. The molecule has 1 amide bonds. The highest BCUT2D eigenvalue weighted by molar-refractivity contribution is 5.87. The Labute approximate surface area is 105 Å². The molecule has 0 aliphatic heterocycles. The van der Waals surface area contributed by atoms with Crippen molar-refractivity contribution >= 4 is 11.9 Å². The standard InChI is InChI=1S/C12H18N2O4/c1-12(2,6-9(13)15)14-7-8-4-5-18-10(8)11(16)17-3/h4-5,14H,6-7H2,1-3H3,(H2,13,15). The van der Waals surface area contributed by atoms with Crippen LogP contribution in [0.5, 0.6) is 0 Å². The average molecular weight is 254 g/mol. The lowest BCUT2D eigenvalue weighted by molar-refractivity contribution is -0.119. The fourth-order valence-corrected chi connectivity index (χ4v) is 1.58. The number of esters is 1. The van der Waals surface area contributed by atoms with Crippen molar-refractivity contribution in [3.05, 3.63) is 23.7 Å². The lowest BCUT2D eigenvalue weighted by Gasteiger charge is -2.24. The van der Waals surface area contributed by atoms with Crippen LogP contribution in [-0.2, 0) is 16.1 Å². The normalized spacial score (nSPS) is 11.3. The Hall–Kier alpha value is -1.82. The van der Waals surface area contributed by atoms with Crippen LogP contribution in [-0.4, -0.2) is 24.5 Å². The summed E-state index contributed by atoms with van der Waals surface area (Å²) in [5.41, 5.74) is 5.39. The molecule has 0 saturated heterocycles. The van der Waals surface area contributed by atoms with E-state index in [2.05, 4.69) is 10.1 Å². The molecule has 0 aliphatic carbocycles. The predicted molar refractivity (Wildman–Crippen MR) is 64.8 cm³/mol. The second kappa shape index (κ2) is 5.68. The molecule has 1 heterocycles. The molecule has 1 rings (SSSR count). The van der Waals surface area contributed by atoms with Gasteiger partial charge in [-0.25, -0.2) is 4.79 Å². The maximum atomic E-state index is 11.4. The van der Waals surface area contributed by atoms with Crippen molar-refractivity contribution in [2.24, 2.45) is 5.73 Å². The second-order valence-corrected chi connectivity index (χ2v) is 4.65. The molecule has 0 spiro atoms. The molecule has 6 nitrogen and oxygen atoms in total. The van der Waals surface area contributed by atoms with Crippen LogP contribution < -0.4 is 11.1 Å². The van der Waals surface area contributed by atoms with Gasteiger partial charge in [0.15, 0.2) is 0 Å². The van der Waals surface area contributed by atoms with Gasteiger partial charge in [0.05, 0.1) is 13.4 Å². The summed E-state index contributed by atoms with van der Waals surface area (Å²) in [4.78, 5) is 22.3. The van der Waals surface area contributed by atoms with Crippen LogP contribution in [0.2, 0.25) is 0 Å². The van der Waals surface area contributed by atoms with Gasteiger partial charge >= 0.3 is 5.97 Å². The summed E-state index contributed by atoms with van der Waals surface area (Å²) < 4.78 is 9.65. The number of furan rings is 1. The second-order valence-electron chi connectivity index (χ2n) is 4.65. The Morgan fingerprint density at radius 2 is 2.17 bits per heavy atom. The zero-order valence-electron chi connectivity index (χ0n) is 10.8. The molecule has 18 heavy (non-hydrogen) atoms. The number of amides is 1. The van der Waals surface area contributed by atoms with Crippen molar-refractivity contribution in [3.63, 3.8) is 0 Å². The van der Waals surface area contributed by atoms with E-state index < -0.39 is 11.5 Å². The van der Waals surface area contributed by atoms with E-state index in [0.717, 1.165) is 0 Å².